The number of fused-ring (bicyclic) bond motifs is 2. The molecule has 2 rings (SSSR count). The number of alkyl halides is 1. The summed E-state index contributed by atoms with van der Waals surface area (Å²) in [5, 5.41) is 0. The van der Waals surface area contributed by atoms with Gasteiger partial charge in [-0.25, -0.2) is 4.39 Å². The second kappa shape index (κ2) is 6.68. The van der Waals surface area contributed by atoms with Gasteiger partial charge >= 0.3 is 0 Å². The van der Waals surface area contributed by atoms with E-state index < -0.39 is 5.83 Å². The standard InChI is InChI=1S/C11H18FN3.CH3I/c1-3-8(12)11(13)14-9-4-7-5-10(9)15(2)6-7;1-2/h3,7,9-10H,4-6H2,1-2H3,(H2,13,14);1H3/b8-3+;. The zero-order chi connectivity index (χ0) is 13.0. The first-order chi connectivity index (χ1) is 8.11. The lowest BCUT2D eigenvalue weighted by molar-refractivity contribution is 0.236. The Hall–Kier alpha value is -0.170. The molecule has 1 saturated heterocycles. The van der Waals surface area contributed by atoms with E-state index in [1.807, 2.05) is 4.93 Å². The molecule has 0 aromatic rings. The molecule has 2 bridgehead atoms. The minimum Gasteiger partial charge on any atom is -0.382 e. The van der Waals surface area contributed by atoms with E-state index in [0.29, 0.717) is 6.04 Å². The van der Waals surface area contributed by atoms with Gasteiger partial charge in [0.15, 0.2) is 11.7 Å². The summed E-state index contributed by atoms with van der Waals surface area (Å²) in [5.74, 6) is 0.388. The van der Waals surface area contributed by atoms with E-state index in [0.717, 1.165) is 18.9 Å². The van der Waals surface area contributed by atoms with Crippen molar-refractivity contribution < 1.29 is 4.39 Å². The highest BCUT2D eigenvalue weighted by molar-refractivity contribution is 14.1. The zero-order valence-corrected chi connectivity index (χ0v) is 12.8. The Bertz CT molecular complexity index is 317. The first kappa shape index (κ1) is 14.9. The van der Waals surface area contributed by atoms with Crippen LogP contribution in [0, 0.1) is 5.92 Å². The van der Waals surface area contributed by atoms with Crippen molar-refractivity contribution >= 4 is 28.4 Å². The molecule has 1 saturated carbocycles. The van der Waals surface area contributed by atoms with Crippen LogP contribution in [-0.4, -0.2) is 41.3 Å². The minimum absolute atomic E-state index is 0.0587. The van der Waals surface area contributed by atoms with Crippen molar-refractivity contribution in [2.45, 2.75) is 31.8 Å². The number of nitrogens with zero attached hydrogens (tertiary/aromatic N) is 2. The molecule has 2 N–H and O–H groups in total. The zero-order valence-electron chi connectivity index (χ0n) is 10.7. The van der Waals surface area contributed by atoms with Crippen LogP contribution >= 0.6 is 22.6 Å². The second-order valence-corrected chi connectivity index (χ2v) is 4.56. The Balaban J connectivity index is 0.000000686. The highest BCUT2D eigenvalue weighted by atomic mass is 127. The van der Waals surface area contributed by atoms with Crippen LogP contribution in [0.1, 0.15) is 19.8 Å². The Kier molecular flexibility index (Phi) is 5.85. The molecule has 0 aromatic carbocycles. The van der Waals surface area contributed by atoms with Crippen molar-refractivity contribution in [1.29, 1.82) is 0 Å². The molecule has 3 unspecified atom stereocenters. The lowest BCUT2D eigenvalue weighted by Gasteiger charge is -2.27. The van der Waals surface area contributed by atoms with Gasteiger partial charge in [-0.1, -0.05) is 22.6 Å². The van der Waals surface area contributed by atoms with Crippen molar-refractivity contribution in [3.8, 4) is 0 Å². The van der Waals surface area contributed by atoms with Crippen molar-refractivity contribution in [3.63, 3.8) is 0 Å². The monoisotopic (exact) mass is 353 g/mol. The number of rotatable bonds is 2. The van der Waals surface area contributed by atoms with Crippen LogP contribution in [0.4, 0.5) is 4.39 Å². The molecule has 0 spiro atoms. The number of piperidine rings is 1. The van der Waals surface area contributed by atoms with Gasteiger partial charge in [0.25, 0.3) is 0 Å². The molecule has 1 aliphatic heterocycles. The van der Waals surface area contributed by atoms with E-state index in [9.17, 15) is 4.39 Å². The summed E-state index contributed by atoms with van der Waals surface area (Å²) >= 11 is 2.15. The fourth-order valence-electron chi connectivity index (χ4n) is 2.79. The van der Waals surface area contributed by atoms with E-state index in [1.54, 1.807) is 6.92 Å². The summed E-state index contributed by atoms with van der Waals surface area (Å²) in [6.07, 6.45) is 3.61. The van der Waals surface area contributed by atoms with Gasteiger partial charge in [0.1, 0.15) is 0 Å². The summed E-state index contributed by atoms with van der Waals surface area (Å²) in [7, 11) is 2.11. The summed E-state index contributed by atoms with van der Waals surface area (Å²) in [6.45, 7) is 2.79. The van der Waals surface area contributed by atoms with Crippen molar-refractivity contribution in [2.75, 3.05) is 18.5 Å². The molecule has 0 amide bonds. The maximum absolute atomic E-state index is 13.1. The van der Waals surface area contributed by atoms with Gasteiger partial charge in [-0.15, -0.1) is 0 Å². The highest BCUT2D eigenvalue weighted by Gasteiger charge is 2.43. The molecule has 0 aromatic heterocycles. The fraction of sp³-hybridized carbons (Fsp3) is 0.750. The van der Waals surface area contributed by atoms with Crippen LogP contribution in [0.15, 0.2) is 16.9 Å². The molecule has 1 heterocycles. The number of nitrogens with two attached hydrogens (primary N) is 1. The van der Waals surface area contributed by atoms with Gasteiger partial charge < -0.3 is 10.6 Å². The number of amidine groups is 1. The van der Waals surface area contributed by atoms with E-state index in [2.05, 4.69) is 39.5 Å². The summed E-state index contributed by atoms with van der Waals surface area (Å²) < 4.78 is 13.1. The van der Waals surface area contributed by atoms with Gasteiger partial charge in [0.05, 0.1) is 6.04 Å². The van der Waals surface area contributed by atoms with Crippen LogP contribution in [0.2, 0.25) is 0 Å². The van der Waals surface area contributed by atoms with Crippen LogP contribution in [-0.2, 0) is 0 Å². The lowest BCUT2D eigenvalue weighted by Crippen LogP contribution is -2.38. The van der Waals surface area contributed by atoms with Gasteiger partial charge in [0.2, 0.25) is 0 Å². The molecule has 2 aliphatic rings. The molecule has 1 aliphatic carbocycles. The maximum Gasteiger partial charge on any atom is 0.160 e. The molecule has 2 fully saturated rings. The van der Waals surface area contributed by atoms with E-state index in [4.69, 9.17) is 5.73 Å². The molecule has 0 radical (unpaired) electrons. The molecular formula is C12H21FIN3. The number of allylic oxidation sites excluding steroid dienone is 1. The molecule has 3 atom stereocenters. The topological polar surface area (TPSA) is 41.6 Å². The number of halogens is 2. The van der Waals surface area contributed by atoms with Crippen LogP contribution < -0.4 is 5.73 Å². The second-order valence-electron chi connectivity index (χ2n) is 4.56. The number of hydrogen-bond acceptors (Lipinski definition) is 2. The molecular weight excluding hydrogens is 332 g/mol. The number of likely N-dealkylation sites (N-methyl/N-ethyl adjacent to an activating group) is 1. The van der Waals surface area contributed by atoms with Crippen LogP contribution in [0.25, 0.3) is 0 Å². The largest absolute Gasteiger partial charge is 0.382 e. The number of aliphatic imine (C=N–C) groups is 1. The third-order valence-corrected chi connectivity index (χ3v) is 3.51. The van der Waals surface area contributed by atoms with Crippen molar-refractivity contribution in [3.05, 3.63) is 11.9 Å². The van der Waals surface area contributed by atoms with Crippen molar-refractivity contribution in [1.82, 2.24) is 4.90 Å². The maximum atomic E-state index is 13.1. The van der Waals surface area contributed by atoms with Gasteiger partial charge in [-0.3, -0.25) is 4.99 Å². The smallest absolute Gasteiger partial charge is 0.160 e. The predicted molar refractivity (Wildman–Crippen MR) is 79.4 cm³/mol. The third kappa shape index (κ3) is 3.40. The molecule has 17 heavy (non-hydrogen) atoms. The summed E-state index contributed by atoms with van der Waals surface area (Å²) in [5.41, 5.74) is 5.57. The highest BCUT2D eigenvalue weighted by Crippen LogP contribution is 2.38. The fourth-order valence-corrected chi connectivity index (χ4v) is 2.79. The number of likely N-dealkylation sites (tertiary alicyclic amines) is 1. The van der Waals surface area contributed by atoms with Crippen molar-refractivity contribution in [2.24, 2.45) is 16.6 Å². The Morgan fingerprint density at radius 3 is 2.59 bits per heavy atom. The SMILES string of the molecule is C/C=C(/F)C(N)=NC1CC2CC1N(C)C2.CI. The van der Waals surface area contributed by atoms with Crippen LogP contribution in [0.5, 0.6) is 0 Å². The number of hydrogen-bond donors (Lipinski definition) is 1. The average Bonchev–Trinajstić information content (AvgIpc) is 2.88. The quantitative estimate of drug-likeness (QED) is 0.358. The molecule has 98 valence electrons. The molecule has 5 heteroatoms. The van der Waals surface area contributed by atoms with Gasteiger partial charge in [-0.2, -0.15) is 0 Å². The first-order valence-electron chi connectivity index (χ1n) is 5.85. The Morgan fingerprint density at radius 2 is 2.12 bits per heavy atom. The van der Waals surface area contributed by atoms with E-state index in [1.165, 1.54) is 12.5 Å². The summed E-state index contributed by atoms with van der Waals surface area (Å²) in [6, 6.07) is 0.664. The normalized spacial score (nSPS) is 33.6. The Morgan fingerprint density at radius 1 is 1.47 bits per heavy atom. The van der Waals surface area contributed by atoms with E-state index >= 15 is 0 Å². The first-order valence-corrected chi connectivity index (χ1v) is 8.01. The molecule has 3 nitrogen and oxygen atoms in total. The Labute approximate surface area is 116 Å². The summed E-state index contributed by atoms with van der Waals surface area (Å²) in [4.78, 5) is 8.57. The van der Waals surface area contributed by atoms with Gasteiger partial charge in [-0.05, 0) is 43.7 Å². The van der Waals surface area contributed by atoms with Crippen LogP contribution in [0.3, 0.4) is 0 Å². The predicted octanol–water partition coefficient (Wildman–Crippen LogP) is 2.36. The van der Waals surface area contributed by atoms with E-state index in [-0.39, 0.29) is 11.9 Å². The van der Waals surface area contributed by atoms with Gasteiger partial charge in [0, 0.05) is 12.6 Å². The third-order valence-electron chi connectivity index (χ3n) is 3.51. The minimum atomic E-state index is -0.402. The average molecular weight is 353 g/mol. The lowest BCUT2D eigenvalue weighted by atomic mass is 10.1.